The van der Waals surface area contributed by atoms with Crippen molar-refractivity contribution < 1.29 is 19.0 Å². The summed E-state index contributed by atoms with van der Waals surface area (Å²) < 4.78 is 18.9. The van der Waals surface area contributed by atoms with Gasteiger partial charge in [0.2, 0.25) is 0 Å². The van der Waals surface area contributed by atoms with Gasteiger partial charge in [-0.25, -0.2) is 14.2 Å². The van der Waals surface area contributed by atoms with Crippen LogP contribution in [0.15, 0.2) is 30.5 Å². The first-order chi connectivity index (χ1) is 9.02. The Morgan fingerprint density at radius 1 is 1.32 bits per heavy atom. The number of rotatable bonds is 3. The minimum Gasteiger partial charge on any atom is -0.496 e. The standard InChI is InChI=1S/C14H12FNO3/c1-8-3-4-11(15)9(5-8)10-7-16-12(14(17)18)6-13(10)19-2/h3-7H,1-2H3,(H,17,18). The lowest BCUT2D eigenvalue weighted by Crippen LogP contribution is -2.02. The second-order valence-corrected chi connectivity index (χ2v) is 4.06. The van der Waals surface area contributed by atoms with Crippen LogP contribution in [0.25, 0.3) is 11.1 Å². The quantitative estimate of drug-likeness (QED) is 0.922. The van der Waals surface area contributed by atoms with Crippen molar-refractivity contribution in [2.75, 3.05) is 7.11 Å². The van der Waals surface area contributed by atoms with Gasteiger partial charge in [0.25, 0.3) is 0 Å². The van der Waals surface area contributed by atoms with Crippen LogP contribution < -0.4 is 4.74 Å². The van der Waals surface area contributed by atoms with Gasteiger partial charge in [0.05, 0.1) is 7.11 Å². The van der Waals surface area contributed by atoms with E-state index in [-0.39, 0.29) is 11.4 Å². The number of aromatic carboxylic acids is 1. The Labute approximate surface area is 109 Å². The highest BCUT2D eigenvalue weighted by Crippen LogP contribution is 2.32. The second kappa shape index (κ2) is 5.06. The predicted molar refractivity (Wildman–Crippen MR) is 67.9 cm³/mol. The highest BCUT2D eigenvalue weighted by molar-refractivity contribution is 5.87. The monoisotopic (exact) mass is 261 g/mol. The third kappa shape index (κ3) is 2.54. The predicted octanol–water partition coefficient (Wildman–Crippen LogP) is 2.90. The van der Waals surface area contributed by atoms with Crippen molar-refractivity contribution in [3.63, 3.8) is 0 Å². The van der Waals surface area contributed by atoms with E-state index in [0.717, 1.165) is 5.56 Å². The fraction of sp³-hybridized carbons (Fsp3) is 0.143. The molecule has 0 saturated carbocycles. The molecule has 1 aromatic carbocycles. The number of methoxy groups -OCH3 is 1. The van der Waals surface area contributed by atoms with Crippen LogP contribution in [0.4, 0.5) is 4.39 Å². The average Bonchev–Trinajstić information content (AvgIpc) is 2.40. The van der Waals surface area contributed by atoms with Crippen LogP contribution in [0.5, 0.6) is 5.75 Å². The van der Waals surface area contributed by atoms with E-state index < -0.39 is 11.8 Å². The van der Waals surface area contributed by atoms with Crippen molar-refractivity contribution in [2.45, 2.75) is 6.92 Å². The number of carboxylic acids is 1. The van der Waals surface area contributed by atoms with Crippen molar-refractivity contribution in [2.24, 2.45) is 0 Å². The molecule has 0 saturated heterocycles. The zero-order valence-electron chi connectivity index (χ0n) is 10.5. The van der Waals surface area contributed by atoms with Crippen LogP contribution in [0.2, 0.25) is 0 Å². The maximum Gasteiger partial charge on any atom is 0.354 e. The molecule has 2 aromatic rings. The minimum atomic E-state index is -1.16. The van der Waals surface area contributed by atoms with E-state index in [9.17, 15) is 9.18 Å². The van der Waals surface area contributed by atoms with E-state index in [1.807, 2.05) is 6.92 Å². The van der Waals surface area contributed by atoms with E-state index in [2.05, 4.69) is 4.98 Å². The van der Waals surface area contributed by atoms with Crippen molar-refractivity contribution in [1.82, 2.24) is 4.98 Å². The smallest absolute Gasteiger partial charge is 0.354 e. The normalized spacial score (nSPS) is 10.3. The second-order valence-electron chi connectivity index (χ2n) is 4.06. The molecule has 19 heavy (non-hydrogen) atoms. The van der Waals surface area contributed by atoms with Gasteiger partial charge in [-0.1, -0.05) is 11.6 Å². The number of aromatic nitrogens is 1. The maximum absolute atomic E-state index is 13.8. The summed E-state index contributed by atoms with van der Waals surface area (Å²) in [7, 11) is 1.40. The van der Waals surface area contributed by atoms with Gasteiger partial charge in [-0.3, -0.25) is 0 Å². The summed E-state index contributed by atoms with van der Waals surface area (Å²) in [4.78, 5) is 14.6. The Kier molecular flexibility index (Phi) is 3.46. The first-order valence-electron chi connectivity index (χ1n) is 5.56. The number of carbonyl (C=O) groups is 1. The Hall–Kier alpha value is -2.43. The topological polar surface area (TPSA) is 59.4 Å². The number of hydrogen-bond acceptors (Lipinski definition) is 3. The molecule has 1 aromatic heterocycles. The van der Waals surface area contributed by atoms with Crippen molar-refractivity contribution >= 4 is 5.97 Å². The Balaban J connectivity index is 2.62. The number of halogens is 1. The van der Waals surface area contributed by atoms with Gasteiger partial charge >= 0.3 is 5.97 Å². The lowest BCUT2D eigenvalue weighted by Gasteiger charge is -2.10. The summed E-state index contributed by atoms with van der Waals surface area (Å²) >= 11 is 0. The van der Waals surface area contributed by atoms with E-state index in [0.29, 0.717) is 11.1 Å². The van der Waals surface area contributed by atoms with Crippen molar-refractivity contribution in [3.05, 3.63) is 47.5 Å². The molecule has 0 fully saturated rings. The molecule has 4 nitrogen and oxygen atoms in total. The van der Waals surface area contributed by atoms with Gasteiger partial charge in [0.15, 0.2) is 5.69 Å². The average molecular weight is 261 g/mol. The molecule has 0 bridgehead atoms. The van der Waals surface area contributed by atoms with Gasteiger partial charge in [0.1, 0.15) is 11.6 Å². The third-order valence-electron chi connectivity index (χ3n) is 2.72. The molecule has 98 valence electrons. The lowest BCUT2D eigenvalue weighted by molar-refractivity contribution is 0.0690. The summed E-state index contributed by atoms with van der Waals surface area (Å²) in [6.07, 6.45) is 1.31. The van der Waals surface area contributed by atoms with Crippen molar-refractivity contribution in [3.8, 4) is 16.9 Å². The van der Waals surface area contributed by atoms with Gasteiger partial charge in [0, 0.05) is 23.4 Å². The number of pyridine rings is 1. The molecule has 0 aliphatic rings. The molecule has 0 atom stereocenters. The molecular formula is C14H12FNO3. The van der Waals surface area contributed by atoms with E-state index >= 15 is 0 Å². The highest BCUT2D eigenvalue weighted by atomic mass is 19.1. The maximum atomic E-state index is 13.8. The Bertz CT molecular complexity index is 641. The first-order valence-corrected chi connectivity index (χ1v) is 5.56. The summed E-state index contributed by atoms with van der Waals surface area (Å²) in [5, 5.41) is 8.87. The van der Waals surface area contributed by atoms with Crippen LogP contribution in [0.3, 0.4) is 0 Å². The number of benzene rings is 1. The number of aryl methyl sites for hydroxylation is 1. The van der Waals surface area contributed by atoms with E-state index in [1.165, 1.54) is 25.4 Å². The summed E-state index contributed by atoms with van der Waals surface area (Å²) in [5.74, 6) is -1.29. The van der Waals surface area contributed by atoms with Crippen LogP contribution in [0, 0.1) is 12.7 Å². The molecule has 0 aliphatic carbocycles. The van der Waals surface area contributed by atoms with Gasteiger partial charge in [-0.15, -0.1) is 0 Å². The van der Waals surface area contributed by atoms with E-state index in [4.69, 9.17) is 9.84 Å². The SMILES string of the molecule is COc1cc(C(=O)O)ncc1-c1cc(C)ccc1F. The number of ether oxygens (including phenoxy) is 1. The summed E-state index contributed by atoms with van der Waals surface area (Å²) in [6.45, 7) is 1.84. The highest BCUT2D eigenvalue weighted by Gasteiger charge is 2.14. The molecule has 0 aliphatic heterocycles. The number of carboxylic acid groups (broad SMARTS) is 1. The molecule has 0 unspecified atom stereocenters. The van der Waals surface area contributed by atoms with Gasteiger partial charge < -0.3 is 9.84 Å². The molecule has 0 radical (unpaired) electrons. The number of hydrogen-bond donors (Lipinski definition) is 1. The zero-order chi connectivity index (χ0) is 14.0. The summed E-state index contributed by atoms with van der Waals surface area (Å²) in [6, 6.07) is 5.95. The van der Waals surface area contributed by atoms with Crippen LogP contribution in [-0.4, -0.2) is 23.2 Å². The fourth-order valence-corrected chi connectivity index (χ4v) is 1.77. The van der Waals surface area contributed by atoms with Gasteiger partial charge in [-0.05, 0) is 19.1 Å². The minimum absolute atomic E-state index is 0.145. The molecule has 0 amide bonds. The van der Waals surface area contributed by atoms with Crippen LogP contribution in [0.1, 0.15) is 16.1 Å². The lowest BCUT2D eigenvalue weighted by atomic mass is 10.0. The molecular weight excluding hydrogens is 249 g/mol. The Morgan fingerprint density at radius 2 is 2.05 bits per heavy atom. The largest absolute Gasteiger partial charge is 0.496 e. The number of nitrogens with zero attached hydrogens (tertiary/aromatic N) is 1. The first kappa shape index (κ1) is 13.0. The third-order valence-corrected chi connectivity index (χ3v) is 2.72. The van der Waals surface area contributed by atoms with Crippen molar-refractivity contribution in [1.29, 1.82) is 0 Å². The molecule has 1 N–H and O–H groups in total. The fourth-order valence-electron chi connectivity index (χ4n) is 1.77. The Morgan fingerprint density at radius 3 is 2.68 bits per heavy atom. The summed E-state index contributed by atoms with van der Waals surface area (Å²) in [5.41, 5.74) is 1.50. The zero-order valence-corrected chi connectivity index (χ0v) is 10.5. The molecule has 1 heterocycles. The van der Waals surface area contributed by atoms with E-state index in [1.54, 1.807) is 12.1 Å². The van der Waals surface area contributed by atoms with Crippen LogP contribution in [-0.2, 0) is 0 Å². The van der Waals surface area contributed by atoms with Crippen LogP contribution >= 0.6 is 0 Å². The molecule has 5 heteroatoms. The molecule has 0 spiro atoms. The molecule has 2 rings (SSSR count). The van der Waals surface area contributed by atoms with Gasteiger partial charge in [-0.2, -0.15) is 0 Å².